The van der Waals surface area contributed by atoms with Crippen molar-refractivity contribution < 1.29 is 26.3 Å². The second-order valence-corrected chi connectivity index (χ2v) is 4.79. The van der Waals surface area contributed by atoms with Crippen LogP contribution in [-0.4, -0.2) is 26.0 Å². The van der Waals surface area contributed by atoms with Gasteiger partial charge in [0.25, 0.3) is 0 Å². The third-order valence-electron chi connectivity index (χ3n) is 2.64. The lowest BCUT2D eigenvalue weighted by atomic mass is 10.0. The molecule has 0 atom stereocenters. The first-order chi connectivity index (χ1) is 10.7. The zero-order valence-electron chi connectivity index (χ0n) is 12.5. The fourth-order valence-electron chi connectivity index (χ4n) is 1.89. The van der Waals surface area contributed by atoms with Crippen molar-refractivity contribution in [1.82, 2.24) is 0 Å². The molecule has 0 aliphatic rings. The van der Waals surface area contributed by atoms with Crippen LogP contribution >= 0.6 is 0 Å². The van der Waals surface area contributed by atoms with Crippen LogP contribution in [0.4, 0.5) is 37.7 Å². The summed E-state index contributed by atoms with van der Waals surface area (Å²) in [5.74, 6) is -1.23. The van der Waals surface area contributed by atoms with E-state index in [2.05, 4.69) is 9.98 Å². The molecule has 0 fully saturated rings. The van der Waals surface area contributed by atoms with Gasteiger partial charge in [-0.05, 0) is 12.1 Å². The van der Waals surface area contributed by atoms with Gasteiger partial charge in [-0.3, -0.25) is 0 Å². The lowest BCUT2D eigenvalue weighted by Gasteiger charge is -2.24. The largest absolute Gasteiger partial charge is 0.418 e. The Bertz CT molecular complexity index is 635. The van der Waals surface area contributed by atoms with Gasteiger partial charge in [0.2, 0.25) is 5.96 Å². The molecule has 0 aromatic heterocycles. The topological polar surface area (TPSA) is 106 Å². The highest BCUT2D eigenvalue weighted by Crippen LogP contribution is 2.46. The van der Waals surface area contributed by atoms with Crippen molar-refractivity contribution in [2.45, 2.75) is 12.4 Å². The third kappa shape index (κ3) is 4.67. The van der Waals surface area contributed by atoms with Gasteiger partial charge >= 0.3 is 12.4 Å². The van der Waals surface area contributed by atoms with Gasteiger partial charge < -0.3 is 22.1 Å². The molecule has 1 aromatic carbocycles. The molecule has 6 N–H and O–H groups in total. The molecule has 0 bridgehead atoms. The molecule has 12 heteroatoms. The number of hydrogen-bond acceptors (Lipinski definition) is 2. The van der Waals surface area contributed by atoms with Gasteiger partial charge in [0, 0.05) is 14.1 Å². The van der Waals surface area contributed by atoms with Crippen LogP contribution in [0.1, 0.15) is 11.1 Å². The maximum atomic E-state index is 13.2. The van der Waals surface area contributed by atoms with Gasteiger partial charge in [0.05, 0.1) is 22.5 Å². The van der Waals surface area contributed by atoms with Crippen molar-refractivity contribution in [2.24, 2.45) is 27.2 Å². The molecule has 0 heterocycles. The molecule has 0 unspecified atom stereocenters. The predicted molar refractivity (Wildman–Crippen MR) is 77.9 cm³/mol. The van der Waals surface area contributed by atoms with E-state index in [0.29, 0.717) is 12.1 Å². The van der Waals surface area contributed by atoms with Gasteiger partial charge in [0.15, 0.2) is 5.96 Å². The average Bonchev–Trinajstić information content (AvgIpc) is 2.34. The minimum absolute atomic E-state index is 0.430. The van der Waals surface area contributed by atoms with E-state index in [1.807, 2.05) is 0 Å². The van der Waals surface area contributed by atoms with E-state index in [9.17, 15) is 26.3 Å². The molecular weight excluding hydrogens is 342 g/mol. The van der Waals surface area contributed by atoms with Crippen LogP contribution in [0.2, 0.25) is 0 Å². The molecule has 24 heavy (non-hydrogen) atoms. The summed E-state index contributed by atoms with van der Waals surface area (Å²) in [4.78, 5) is 7.34. The maximum absolute atomic E-state index is 13.2. The van der Waals surface area contributed by atoms with E-state index in [4.69, 9.17) is 17.2 Å². The highest BCUT2D eigenvalue weighted by atomic mass is 19.4. The predicted octanol–water partition coefficient (Wildman–Crippen LogP) is 2.01. The first-order valence-corrected chi connectivity index (χ1v) is 6.17. The highest BCUT2D eigenvalue weighted by Gasteiger charge is 2.42. The summed E-state index contributed by atoms with van der Waals surface area (Å²) >= 11 is 0. The Balaban J connectivity index is 3.76. The summed E-state index contributed by atoms with van der Waals surface area (Å²) in [6.07, 6.45) is -10.1. The van der Waals surface area contributed by atoms with E-state index < -0.39 is 46.8 Å². The van der Waals surface area contributed by atoms with Crippen molar-refractivity contribution in [1.29, 1.82) is 0 Å². The van der Waals surface area contributed by atoms with Gasteiger partial charge in [-0.15, -0.1) is 0 Å². The summed E-state index contributed by atoms with van der Waals surface area (Å²) in [5, 5.41) is 0. The monoisotopic (exact) mass is 356 g/mol. The molecular formula is C12H14F6N6. The molecule has 1 aromatic rings. The molecule has 1 rings (SSSR count). The number of hydrogen-bond donors (Lipinski definition) is 3. The summed E-state index contributed by atoms with van der Waals surface area (Å²) in [6, 6.07) is 0.860. The number of nitrogens with two attached hydrogens (primary N) is 3. The quantitative estimate of drug-likeness (QED) is 0.428. The third-order valence-corrected chi connectivity index (χ3v) is 2.64. The molecule has 0 aliphatic heterocycles. The van der Waals surface area contributed by atoms with Gasteiger partial charge in [0.1, 0.15) is 0 Å². The van der Waals surface area contributed by atoms with Gasteiger partial charge in [-0.1, -0.05) is 0 Å². The van der Waals surface area contributed by atoms with E-state index in [0.717, 1.165) is 19.0 Å². The molecule has 134 valence electrons. The van der Waals surface area contributed by atoms with E-state index in [-0.39, 0.29) is 0 Å². The molecule has 0 radical (unpaired) electrons. The highest BCUT2D eigenvalue weighted by molar-refractivity contribution is 5.93. The fourth-order valence-corrected chi connectivity index (χ4v) is 1.89. The standard InChI is InChI=1S/C12H14F6N6/c1-24(2)8-6(11(13,14)15)3-5(4-7(8)12(16,17)18)22-10(21)23-9(19)20/h3-4H,1-2H3,(H6,19,20,21,22,23). The Morgan fingerprint density at radius 3 is 1.62 bits per heavy atom. The van der Waals surface area contributed by atoms with Crippen LogP contribution < -0.4 is 22.1 Å². The number of guanidine groups is 2. The zero-order valence-corrected chi connectivity index (χ0v) is 12.5. The van der Waals surface area contributed by atoms with Crippen LogP contribution in [0.3, 0.4) is 0 Å². The Morgan fingerprint density at radius 2 is 1.33 bits per heavy atom. The Hall–Kier alpha value is -2.66. The average molecular weight is 356 g/mol. The second kappa shape index (κ2) is 6.45. The molecule has 0 saturated heterocycles. The van der Waals surface area contributed by atoms with Gasteiger partial charge in [-0.2, -0.15) is 31.3 Å². The number of anilines is 1. The SMILES string of the molecule is CN(C)c1c(C(F)(F)F)cc(N=C(N)N=C(N)N)cc1C(F)(F)F. The normalized spacial score (nSPS) is 12.9. The summed E-state index contributed by atoms with van der Waals surface area (Å²) < 4.78 is 79.0. The smallest absolute Gasteiger partial charge is 0.377 e. The summed E-state index contributed by atoms with van der Waals surface area (Å²) in [6.45, 7) is 0. The van der Waals surface area contributed by atoms with Gasteiger partial charge in [-0.25, -0.2) is 4.99 Å². The number of halogens is 6. The first-order valence-electron chi connectivity index (χ1n) is 6.17. The first kappa shape index (κ1) is 19.4. The van der Waals surface area contributed by atoms with Crippen LogP contribution in [0.15, 0.2) is 22.1 Å². The van der Waals surface area contributed by atoms with Crippen molar-refractivity contribution >= 4 is 23.3 Å². The zero-order chi connectivity index (χ0) is 18.9. The summed E-state index contributed by atoms with van der Waals surface area (Å²) in [5.41, 5.74) is 10.5. The minimum atomic E-state index is -5.05. The number of rotatable bonds is 2. The molecule has 0 aliphatic carbocycles. The Kier molecular flexibility index (Phi) is 5.21. The van der Waals surface area contributed by atoms with Crippen molar-refractivity contribution in [2.75, 3.05) is 19.0 Å². The maximum Gasteiger partial charge on any atom is 0.418 e. The lowest BCUT2D eigenvalue weighted by Crippen LogP contribution is -2.26. The molecule has 0 saturated carbocycles. The van der Waals surface area contributed by atoms with Crippen LogP contribution in [-0.2, 0) is 12.4 Å². The van der Waals surface area contributed by atoms with E-state index in [1.54, 1.807) is 0 Å². The fraction of sp³-hybridized carbons (Fsp3) is 0.333. The number of aliphatic imine (C=N–C) groups is 2. The Labute approximate surface area is 132 Å². The number of alkyl halides is 6. The van der Waals surface area contributed by atoms with Crippen LogP contribution in [0.25, 0.3) is 0 Å². The Morgan fingerprint density at radius 1 is 0.917 bits per heavy atom. The van der Waals surface area contributed by atoms with Crippen LogP contribution in [0.5, 0.6) is 0 Å². The van der Waals surface area contributed by atoms with Crippen molar-refractivity contribution in [3.05, 3.63) is 23.3 Å². The molecule has 6 nitrogen and oxygen atoms in total. The second-order valence-electron chi connectivity index (χ2n) is 4.79. The summed E-state index contributed by atoms with van der Waals surface area (Å²) in [7, 11) is 2.13. The van der Waals surface area contributed by atoms with E-state index in [1.165, 1.54) is 0 Å². The molecule has 0 amide bonds. The minimum Gasteiger partial charge on any atom is -0.377 e. The van der Waals surface area contributed by atoms with Crippen molar-refractivity contribution in [3.8, 4) is 0 Å². The number of nitrogens with zero attached hydrogens (tertiary/aromatic N) is 3. The molecule has 0 spiro atoms. The van der Waals surface area contributed by atoms with Crippen LogP contribution in [0, 0.1) is 0 Å². The van der Waals surface area contributed by atoms with Crippen molar-refractivity contribution in [3.63, 3.8) is 0 Å². The van der Waals surface area contributed by atoms with E-state index >= 15 is 0 Å². The lowest BCUT2D eigenvalue weighted by molar-refractivity contribution is -0.142. The number of benzene rings is 1.